The molecule has 118 valence electrons. The minimum atomic E-state index is -0.293. The van der Waals surface area contributed by atoms with Crippen molar-refractivity contribution >= 4 is 22.6 Å². The monoisotopic (exact) mass is 328 g/mol. The van der Waals surface area contributed by atoms with E-state index in [1.54, 1.807) is 6.33 Å². The highest BCUT2D eigenvalue weighted by Gasteiger charge is 2.09. The predicted molar refractivity (Wildman–Crippen MR) is 89.1 cm³/mol. The highest BCUT2D eigenvalue weighted by atomic mass is 32.1. The van der Waals surface area contributed by atoms with Crippen LogP contribution in [0.5, 0.6) is 0 Å². The molecule has 0 aliphatic carbocycles. The van der Waals surface area contributed by atoms with Gasteiger partial charge in [0.25, 0.3) is 0 Å². The fourth-order valence-corrected chi connectivity index (χ4v) is 2.73. The summed E-state index contributed by atoms with van der Waals surface area (Å²) in [4.78, 5) is 12.0. The lowest BCUT2D eigenvalue weighted by atomic mass is 10.2. The average molecular weight is 328 g/mol. The molecule has 0 radical (unpaired) electrons. The van der Waals surface area contributed by atoms with Crippen molar-refractivity contribution in [2.75, 3.05) is 5.32 Å². The number of benzene rings is 1. The van der Waals surface area contributed by atoms with Crippen molar-refractivity contribution in [3.05, 3.63) is 48.5 Å². The van der Waals surface area contributed by atoms with Gasteiger partial charge < -0.3 is 9.88 Å². The van der Waals surface area contributed by atoms with Crippen LogP contribution in [0.25, 0.3) is 11.3 Å². The van der Waals surface area contributed by atoms with E-state index in [9.17, 15) is 4.79 Å². The minimum absolute atomic E-state index is 0.293. The highest BCUT2D eigenvalue weighted by Crippen LogP contribution is 2.24. The summed E-state index contributed by atoms with van der Waals surface area (Å²) in [7, 11) is 0. The number of nitrogens with one attached hydrogen (secondary N) is 2. The van der Waals surface area contributed by atoms with Gasteiger partial charge in [0.15, 0.2) is 5.82 Å². The second kappa shape index (κ2) is 7.01. The molecule has 3 aromatic rings. The molecule has 0 saturated carbocycles. The number of carbonyl (C=O) groups is 1. The van der Waals surface area contributed by atoms with Gasteiger partial charge in [-0.3, -0.25) is 5.32 Å². The number of hydrogen-bond acceptors (Lipinski definition) is 5. The Morgan fingerprint density at radius 1 is 1.30 bits per heavy atom. The Morgan fingerprint density at radius 3 is 2.91 bits per heavy atom. The Bertz CT molecular complexity index is 782. The molecule has 0 aliphatic rings. The quantitative estimate of drug-likeness (QED) is 0.754. The van der Waals surface area contributed by atoms with E-state index >= 15 is 0 Å². The predicted octanol–water partition coefficient (Wildman–Crippen LogP) is 2.74. The Morgan fingerprint density at radius 2 is 2.13 bits per heavy atom. The summed E-state index contributed by atoms with van der Waals surface area (Å²) in [5, 5.41) is 14.0. The van der Waals surface area contributed by atoms with E-state index < -0.39 is 0 Å². The lowest BCUT2D eigenvalue weighted by molar-refractivity contribution is 0.251. The van der Waals surface area contributed by atoms with E-state index in [1.165, 1.54) is 11.5 Å². The largest absolute Gasteiger partial charge is 0.331 e. The van der Waals surface area contributed by atoms with Crippen LogP contribution >= 0.6 is 11.5 Å². The Labute approximate surface area is 137 Å². The lowest BCUT2D eigenvalue weighted by Crippen LogP contribution is -2.29. The van der Waals surface area contributed by atoms with E-state index in [0.717, 1.165) is 23.6 Å². The molecule has 2 heterocycles. The number of anilines is 1. The Kier molecular flexibility index (Phi) is 4.62. The van der Waals surface area contributed by atoms with Crippen molar-refractivity contribution in [1.29, 1.82) is 0 Å². The van der Waals surface area contributed by atoms with Gasteiger partial charge in [-0.1, -0.05) is 30.3 Å². The Balaban J connectivity index is 1.57. The molecular weight excluding hydrogens is 312 g/mol. The molecule has 1 aromatic carbocycles. The molecule has 0 atom stereocenters. The second-order valence-corrected chi connectivity index (χ2v) is 5.59. The molecule has 0 fully saturated rings. The van der Waals surface area contributed by atoms with Gasteiger partial charge >= 0.3 is 6.03 Å². The van der Waals surface area contributed by atoms with Crippen LogP contribution in [0.4, 0.5) is 9.80 Å². The highest BCUT2D eigenvalue weighted by molar-refractivity contribution is 7.10. The minimum Gasteiger partial charge on any atom is -0.331 e. The first-order chi connectivity index (χ1) is 11.3. The molecule has 0 aliphatic heterocycles. The van der Waals surface area contributed by atoms with Gasteiger partial charge in [0, 0.05) is 18.2 Å². The van der Waals surface area contributed by atoms with Gasteiger partial charge in [-0.2, -0.15) is 4.37 Å². The van der Waals surface area contributed by atoms with Crippen LogP contribution in [0.1, 0.15) is 12.7 Å². The van der Waals surface area contributed by atoms with Gasteiger partial charge in [0.05, 0.1) is 12.2 Å². The zero-order chi connectivity index (χ0) is 16.1. The van der Waals surface area contributed by atoms with Crippen molar-refractivity contribution < 1.29 is 4.79 Å². The van der Waals surface area contributed by atoms with Crippen LogP contribution < -0.4 is 10.6 Å². The number of nitrogens with zero attached hydrogens (tertiary/aromatic N) is 4. The molecule has 3 rings (SSSR count). The molecule has 2 aromatic heterocycles. The van der Waals surface area contributed by atoms with Crippen molar-refractivity contribution in [3.8, 4) is 11.3 Å². The molecule has 2 amide bonds. The van der Waals surface area contributed by atoms with E-state index in [-0.39, 0.29) is 6.03 Å². The average Bonchev–Trinajstić information content (AvgIpc) is 3.22. The number of urea groups is 1. The third-order valence-electron chi connectivity index (χ3n) is 3.26. The van der Waals surface area contributed by atoms with Gasteiger partial charge in [0.1, 0.15) is 11.3 Å². The smallest absolute Gasteiger partial charge is 0.320 e. The zero-order valence-electron chi connectivity index (χ0n) is 12.6. The summed E-state index contributed by atoms with van der Waals surface area (Å²) >= 11 is 1.25. The van der Waals surface area contributed by atoms with Crippen LogP contribution in [0, 0.1) is 0 Å². The normalized spacial score (nSPS) is 10.5. The van der Waals surface area contributed by atoms with Crippen LogP contribution in [-0.4, -0.2) is 25.2 Å². The van der Waals surface area contributed by atoms with Crippen molar-refractivity contribution in [2.45, 2.75) is 20.0 Å². The summed E-state index contributed by atoms with van der Waals surface area (Å²) in [6.07, 6.45) is 1.64. The fourth-order valence-electron chi connectivity index (χ4n) is 2.07. The maximum absolute atomic E-state index is 12.0. The van der Waals surface area contributed by atoms with Crippen molar-refractivity contribution in [3.63, 3.8) is 0 Å². The lowest BCUT2D eigenvalue weighted by Gasteiger charge is -2.06. The number of amides is 2. The molecule has 8 heteroatoms. The summed E-state index contributed by atoms with van der Waals surface area (Å²) in [6, 6.07) is 11.4. The van der Waals surface area contributed by atoms with Crippen LogP contribution in [0.15, 0.2) is 42.7 Å². The first-order valence-electron chi connectivity index (χ1n) is 7.20. The molecule has 0 bridgehead atoms. The maximum atomic E-state index is 12.0. The summed E-state index contributed by atoms with van der Waals surface area (Å²) in [5.74, 6) is 0.719. The Hall–Kier alpha value is -2.74. The van der Waals surface area contributed by atoms with Gasteiger partial charge in [0.2, 0.25) is 0 Å². The van der Waals surface area contributed by atoms with E-state index in [1.807, 2.05) is 47.9 Å². The molecule has 0 unspecified atom stereocenters. The molecule has 0 spiro atoms. The van der Waals surface area contributed by atoms with Crippen LogP contribution in [0.3, 0.4) is 0 Å². The number of hydrogen-bond donors (Lipinski definition) is 2. The SMILES string of the molecule is CCn1cnnc1CNC(=O)Nc1cc(-c2ccccc2)ns1. The molecule has 23 heavy (non-hydrogen) atoms. The van der Waals surface area contributed by atoms with E-state index in [0.29, 0.717) is 11.5 Å². The summed E-state index contributed by atoms with van der Waals surface area (Å²) in [5.41, 5.74) is 1.87. The zero-order valence-corrected chi connectivity index (χ0v) is 13.4. The van der Waals surface area contributed by atoms with Crippen LogP contribution in [0.2, 0.25) is 0 Å². The molecule has 2 N–H and O–H groups in total. The number of aromatic nitrogens is 4. The third kappa shape index (κ3) is 3.72. The van der Waals surface area contributed by atoms with Gasteiger partial charge in [-0.05, 0) is 18.5 Å². The van der Waals surface area contributed by atoms with Gasteiger partial charge in [-0.25, -0.2) is 4.79 Å². The first-order valence-corrected chi connectivity index (χ1v) is 7.97. The molecule has 7 nitrogen and oxygen atoms in total. The van der Waals surface area contributed by atoms with E-state index in [4.69, 9.17) is 0 Å². The standard InChI is InChI=1S/C15H16N6OS/c1-2-21-10-17-19-13(21)9-16-15(22)18-14-8-12(20-23-14)11-6-4-3-5-7-11/h3-8,10H,2,9H2,1H3,(H2,16,18,22). The number of rotatable bonds is 5. The number of aryl methyl sites for hydroxylation is 1. The van der Waals surface area contributed by atoms with Crippen molar-refractivity contribution in [2.24, 2.45) is 0 Å². The van der Waals surface area contributed by atoms with Gasteiger partial charge in [-0.15, -0.1) is 10.2 Å². The third-order valence-corrected chi connectivity index (χ3v) is 3.96. The maximum Gasteiger partial charge on any atom is 0.320 e. The van der Waals surface area contributed by atoms with E-state index in [2.05, 4.69) is 25.2 Å². The second-order valence-electron chi connectivity index (χ2n) is 4.78. The summed E-state index contributed by atoms with van der Waals surface area (Å²) < 4.78 is 6.23. The molecular formula is C15H16N6OS. The molecule has 0 saturated heterocycles. The number of carbonyl (C=O) groups excluding carboxylic acids is 1. The first kappa shape index (κ1) is 15.2. The van der Waals surface area contributed by atoms with Crippen LogP contribution in [-0.2, 0) is 13.1 Å². The fraction of sp³-hybridized carbons (Fsp3) is 0.200. The topological polar surface area (TPSA) is 84.7 Å². The summed E-state index contributed by atoms with van der Waals surface area (Å²) in [6.45, 7) is 3.08. The van der Waals surface area contributed by atoms with Crippen molar-refractivity contribution in [1.82, 2.24) is 24.5 Å².